The van der Waals surface area contributed by atoms with Gasteiger partial charge in [0.1, 0.15) is 23.4 Å². The molecular weight excluding hydrogens is 477 g/mol. The van der Waals surface area contributed by atoms with E-state index >= 15 is 0 Å². The summed E-state index contributed by atoms with van der Waals surface area (Å²) in [5.41, 5.74) is 2.61. The standard InChI is InChI=1S/C24H17BrFN3OS/c25-16-6-4-15(5-7-16)20-12-13-21(30-20)23-22(19-3-1-2-14-27-19)28-24(31)29(23)18-10-8-17(26)9-11-18/h1-14,22-23H,(H,28,31)/t22-,23-/m1/s1. The second-order valence-electron chi connectivity index (χ2n) is 7.18. The van der Waals surface area contributed by atoms with Crippen LogP contribution in [0.1, 0.15) is 23.5 Å². The fourth-order valence-corrected chi connectivity index (χ4v) is 4.41. The Morgan fingerprint density at radius 2 is 1.74 bits per heavy atom. The van der Waals surface area contributed by atoms with Gasteiger partial charge in [-0.15, -0.1) is 0 Å². The molecule has 0 radical (unpaired) electrons. The molecule has 4 aromatic rings. The Bertz CT molecular complexity index is 1210. The Morgan fingerprint density at radius 1 is 0.968 bits per heavy atom. The maximum Gasteiger partial charge on any atom is 0.174 e. The van der Waals surface area contributed by atoms with E-state index in [-0.39, 0.29) is 17.9 Å². The number of thiocarbonyl (C=S) groups is 1. The fraction of sp³-hybridized carbons (Fsp3) is 0.0833. The molecule has 2 atom stereocenters. The largest absolute Gasteiger partial charge is 0.459 e. The maximum atomic E-state index is 13.6. The number of halogens is 2. The smallest absolute Gasteiger partial charge is 0.174 e. The third-order valence-corrected chi connectivity index (χ3v) is 6.09. The summed E-state index contributed by atoms with van der Waals surface area (Å²) in [6, 6.07) is 23.4. The van der Waals surface area contributed by atoms with Gasteiger partial charge in [-0.05, 0) is 72.9 Å². The fourth-order valence-electron chi connectivity index (χ4n) is 3.80. The summed E-state index contributed by atoms with van der Waals surface area (Å²) in [4.78, 5) is 6.49. The number of hydrogen-bond donors (Lipinski definition) is 1. The lowest BCUT2D eigenvalue weighted by molar-refractivity contribution is 0.439. The molecule has 1 N–H and O–H groups in total. The van der Waals surface area contributed by atoms with Gasteiger partial charge in [-0.1, -0.05) is 34.1 Å². The normalized spacial score (nSPS) is 18.3. The number of furan rings is 1. The van der Waals surface area contributed by atoms with E-state index in [0.29, 0.717) is 5.11 Å². The first-order valence-corrected chi connectivity index (χ1v) is 10.9. The van der Waals surface area contributed by atoms with Gasteiger partial charge in [-0.25, -0.2) is 4.39 Å². The molecule has 31 heavy (non-hydrogen) atoms. The van der Waals surface area contributed by atoms with Crippen LogP contribution in [0.3, 0.4) is 0 Å². The predicted molar refractivity (Wildman–Crippen MR) is 126 cm³/mol. The van der Waals surface area contributed by atoms with Gasteiger partial charge < -0.3 is 14.6 Å². The van der Waals surface area contributed by atoms with Crippen molar-refractivity contribution in [2.45, 2.75) is 12.1 Å². The van der Waals surface area contributed by atoms with E-state index in [1.807, 2.05) is 59.5 Å². The zero-order valence-corrected chi connectivity index (χ0v) is 18.6. The van der Waals surface area contributed by atoms with Gasteiger partial charge in [-0.3, -0.25) is 4.98 Å². The van der Waals surface area contributed by atoms with Crippen molar-refractivity contribution in [3.8, 4) is 11.3 Å². The molecule has 3 heterocycles. The minimum absolute atomic E-state index is 0.220. The Kier molecular flexibility index (Phi) is 5.29. The monoisotopic (exact) mass is 493 g/mol. The van der Waals surface area contributed by atoms with E-state index in [4.69, 9.17) is 16.6 Å². The summed E-state index contributed by atoms with van der Waals surface area (Å²) in [5, 5.41) is 3.91. The second kappa shape index (κ2) is 8.24. The summed E-state index contributed by atoms with van der Waals surface area (Å²) in [6.45, 7) is 0. The molecule has 0 aliphatic carbocycles. The number of anilines is 1. The Hall–Kier alpha value is -3.03. The minimum Gasteiger partial charge on any atom is -0.459 e. The van der Waals surface area contributed by atoms with Crippen LogP contribution in [-0.2, 0) is 0 Å². The van der Waals surface area contributed by atoms with E-state index < -0.39 is 0 Å². The average molecular weight is 494 g/mol. The van der Waals surface area contributed by atoms with Gasteiger partial charge in [0.25, 0.3) is 0 Å². The molecule has 1 fully saturated rings. The number of hydrogen-bond acceptors (Lipinski definition) is 3. The van der Waals surface area contributed by atoms with Crippen molar-refractivity contribution in [2.24, 2.45) is 0 Å². The molecule has 1 aliphatic rings. The van der Waals surface area contributed by atoms with Gasteiger partial charge in [0.15, 0.2) is 5.11 Å². The molecule has 0 amide bonds. The van der Waals surface area contributed by atoms with Crippen molar-refractivity contribution in [3.05, 3.63) is 107 Å². The first-order chi connectivity index (χ1) is 15.1. The number of aromatic nitrogens is 1. The maximum absolute atomic E-state index is 13.6. The van der Waals surface area contributed by atoms with Gasteiger partial charge in [0.05, 0.1) is 11.7 Å². The van der Waals surface area contributed by atoms with Crippen LogP contribution in [0.2, 0.25) is 0 Å². The molecular formula is C24H17BrFN3OS. The van der Waals surface area contributed by atoms with Crippen LogP contribution in [0.4, 0.5) is 10.1 Å². The van der Waals surface area contributed by atoms with Crippen molar-refractivity contribution in [1.29, 1.82) is 0 Å². The zero-order valence-electron chi connectivity index (χ0n) is 16.2. The third-order valence-electron chi connectivity index (χ3n) is 5.25. The first-order valence-electron chi connectivity index (χ1n) is 9.72. The molecule has 0 saturated carbocycles. The zero-order chi connectivity index (χ0) is 21.4. The molecule has 2 aromatic heterocycles. The summed E-state index contributed by atoms with van der Waals surface area (Å²) in [5.74, 6) is 1.21. The quantitative estimate of drug-likeness (QED) is 0.332. The van der Waals surface area contributed by atoms with Gasteiger partial charge in [0, 0.05) is 21.9 Å². The number of pyridine rings is 1. The van der Waals surface area contributed by atoms with Crippen molar-refractivity contribution in [1.82, 2.24) is 10.3 Å². The highest BCUT2D eigenvalue weighted by Gasteiger charge is 2.42. The minimum atomic E-state index is -0.296. The number of nitrogens with one attached hydrogen (secondary N) is 1. The highest BCUT2D eigenvalue weighted by molar-refractivity contribution is 9.10. The number of nitrogens with zero attached hydrogens (tertiary/aromatic N) is 2. The summed E-state index contributed by atoms with van der Waals surface area (Å²) in [6.07, 6.45) is 1.76. The molecule has 2 aromatic carbocycles. The second-order valence-corrected chi connectivity index (χ2v) is 8.48. The predicted octanol–water partition coefficient (Wildman–Crippen LogP) is 6.42. The van der Waals surface area contributed by atoms with E-state index in [1.165, 1.54) is 12.1 Å². The highest BCUT2D eigenvalue weighted by Crippen LogP contribution is 2.42. The lowest BCUT2D eigenvalue weighted by atomic mass is 10.0. The Labute approximate surface area is 192 Å². The highest BCUT2D eigenvalue weighted by atomic mass is 79.9. The number of rotatable bonds is 4. The van der Waals surface area contributed by atoms with Crippen molar-refractivity contribution in [3.63, 3.8) is 0 Å². The molecule has 0 bridgehead atoms. The van der Waals surface area contributed by atoms with Crippen LogP contribution in [0, 0.1) is 5.82 Å². The Morgan fingerprint density at radius 3 is 2.45 bits per heavy atom. The lowest BCUT2D eigenvalue weighted by Crippen LogP contribution is -2.29. The van der Waals surface area contributed by atoms with Crippen LogP contribution >= 0.6 is 28.1 Å². The molecule has 5 rings (SSSR count). The molecule has 0 unspecified atom stereocenters. The van der Waals surface area contributed by atoms with Crippen molar-refractivity contribution >= 4 is 38.9 Å². The van der Waals surface area contributed by atoms with Gasteiger partial charge in [0.2, 0.25) is 0 Å². The SMILES string of the molecule is Fc1ccc(N2C(=S)N[C@H](c3ccccn3)[C@H]2c2ccc(-c3ccc(Br)cc3)o2)cc1. The summed E-state index contributed by atoms with van der Waals surface area (Å²) >= 11 is 9.13. The molecule has 1 aliphatic heterocycles. The van der Waals surface area contributed by atoms with Gasteiger partial charge >= 0.3 is 0 Å². The first kappa shape index (κ1) is 19.9. The van der Waals surface area contributed by atoms with Crippen molar-refractivity contribution in [2.75, 3.05) is 4.90 Å². The van der Waals surface area contributed by atoms with E-state index in [1.54, 1.807) is 18.3 Å². The lowest BCUT2D eigenvalue weighted by Gasteiger charge is -2.26. The molecule has 0 spiro atoms. The molecule has 154 valence electrons. The summed E-state index contributed by atoms with van der Waals surface area (Å²) < 4.78 is 20.9. The van der Waals surface area contributed by atoms with Crippen LogP contribution in [0.25, 0.3) is 11.3 Å². The molecule has 7 heteroatoms. The molecule has 4 nitrogen and oxygen atoms in total. The van der Waals surface area contributed by atoms with Crippen LogP contribution in [-0.4, -0.2) is 10.1 Å². The topological polar surface area (TPSA) is 41.3 Å². The van der Waals surface area contributed by atoms with E-state index in [9.17, 15) is 4.39 Å². The Balaban J connectivity index is 1.59. The number of benzene rings is 2. The third kappa shape index (κ3) is 3.86. The van der Waals surface area contributed by atoms with Crippen molar-refractivity contribution < 1.29 is 8.81 Å². The van der Waals surface area contributed by atoms with E-state index in [0.717, 1.165) is 32.9 Å². The average Bonchev–Trinajstić information content (AvgIpc) is 3.40. The molecule has 1 saturated heterocycles. The van der Waals surface area contributed by atoms with E-state index in [2.05, 4.69) is 26.2 Å². The summed E-state index contributed by atoms with van der Waals surface area (Å²) in [7, 11) is 0. The van der Waals surface area contributed by atoms with Crippen LogP contribution in [0.15, 0.2) is 93.9 Å². The van der Waals surface area contributed by atoms with Gasteiger partial charge in [-0.2, -0.15) is 0 Å². The van der Waals surface area contributed by atoms with Crippen LogP contribution < -0.4 is 10.2 Å². The van der Waals surface area contributed by atoms with Crippen LogP contribution in [0.5, 0.6) is 0 Å².